The fourth-order valence-corrected chi connectivity index (χ4v) is 2.98. The highest BCUT2D eigenvalue weighted by Crippen LogP contribution is 2.29. The molecule has 0 heterocycles. The third-order valence-corrected chi connectivity index (χ3v) is 4.50. The van der Waals surface area contributed by atoms with Gasteiger partial charge in [-0.2, -0.15) is 0 Å². The van der Waals surface area contributed by atoms with Crippen molar-refractivity contribution >= 4 is 29.6 Å². The molecule has 1 unspecified atom stereocenters. The molecule has 0 N–H and O–H groups in total. The van der Waals surface area contributed by atoms with E-state index in [0.717, 1.165) is 11.1 Å². The molecule has 0 aliphatic carbocycles. The molecule has 0 amide bonds. The molecule has 5 heteroatoms. The Labute approximate surface area is 171 Å². The molecule has 0 radical (unpaired) electrons. The maximum absolute atomic E-state index is 12.4. The van der Waals surface area contributed by atoms with Crippen LogP contribution in [0.1, 0.15) is 37.3 Å². The van der Waals surface area contributed by atoms with Crippen molar-refractivity contribution < 1.29 is 19.1 Å². The van der Waals surface area contributed by atoms with E-state index in [4.69, 9.17) is 21.1 Å². The van der Waals surface area contributed by atoms with Crippen molar-refractivity contribution in [1.29, 1.82) is 0 Å². The summed E-state index contributed by atoms with van der Waals surface area (Å²) in [5.41, 5.74) is 1.99. The molecule has 148 valence electrons. The van der Waals surface area contributed by atoms with Crippen molar-refractivity contribution in [3.63, 3.8) is 0 Å². The van der Waals surface area contributed by atoms with E-state index in [1.54, 1.807) is 26.0 Å². The summed E-state index contributed by atoms with van der Waals surface area (Å²) in [5.74, 6) is -2.29. The molecule has 28 heavy (non-hydrogen) atoms. The zero-order valence-electron chi connectivity index (χ0n) is 16.1. The first-order valence-corrected chi connectivity index (χ1v) is 9.74. The fraction of sp³-hybridized carbons (Fsp3) is 0.304. The maximum Gasteiger partial charge on any atom is 0.320 e. The normalized spacial score (nSPS) is 12.1. The lowest BCUT2D eigenvalue weighted by atomic mass is 9.88. The van der Waals surface area contributed by atoms with Gasteiger partial charge in [-0.05, 0) is 43.5 Å². The number of rotatable bonds is 9. The number of hydrogen-bond donors (Lipinski definition) is 0. The number of halogens is 1. The van der Waals surface area contributed by atoms with Crippen molar-refractivity contribution in [1.82, 2.24) is 0 Å². The van der Waals surface area contributed by atoms with E-state index < -0.39 is 17.9 Å². The van der Waals surface area contributed by atoms with Crippen LogP contribution in [0.3, 0.4) is 0 Å². The van der Waals surface area contributed by atoms with Gasteiger partial charge in [0.15, 0.2) is 5.92 Å². The molecule has 0 aliphatic rings. The van der Waals surface area contributed by atoms with E-state index in [9.17, 15) is 9.59 Å². The van der Waals surface area contributed by atoms with Crippen molar-refractivity contribution in [2.75, 3.05) is 13.2 Å². The minimum absolute atomic E-state index is 0.184. The largest absolute Gasteiger partial charge is 0.465 e. The Kier molecular flexibility index (Phi) is 8.76. The molecule has 0 bridgehead atoms. The minimum atomic E-state index is -0.985. The van der Waals surface area contributed by atoms with Crippen LogP contribution in [0.5, 0.6) is 0 Å². The van der Waals surface area contributed by atoms with Crippen LogP contribution in [0.2, 0.25) is 5.02 Å². The molecular weight excluding hydrogens is 376 g/mol. The number of esters is 2. The topological polar surface area (TPSA) is 52.6 Å². The number of carbonyl (C=O) groups is 2. The molecule has 0 spiro atoms. The van der Waals surface area contributed by atoms with Crippen LogP contribution < -0.4 is 0 Å². The van der Waals surface area contributed by atoms with Crippen LogP contribution in [0, 0.1) is 5.92 Å². The fourth-order valence-electron chi connectivity index (χ4n) is 2.86. The van der Waals surface area contributed by atoms with E-state index in [-0.39, 0.29) is 25.6 Å². The number of carbonyl (C=O) groups excluding carboxylic acids is 2. The van der Waals surface area contributed by atoms with Gasteiger partial charge in [-0.25, -0.2) is 0 Å². The number of hydrogen-bond acceptors (Lipinski definition) is 4. The highest BCUT2D eigenvalue weighted by Gasteiger charge is 2.32. The lowest BCUT2D eigenvalue weighted by molar-refractivity contribution is -0.162. The Morgan fingerprint density at radius 2 is 1.50 bits per heavy atom. The highest BCUT2D eigenvalue weighted by atomic mass is 35.5. The summed E-state index contributed by atoms with van der Waals surface area (Å²) in [4.78, 5) is 24.8. The second kappa shape index (κ2) is 11.3. The molecule has 0 fully saturated rings. The summed E-state index contributed by atoms with van der Waals surface area (Å²) in [5, 5.41) is 0.627. The van der Waals surface area contributed by atoms with Gasteiger partial charge >= 0.3 is 11.9 Å². The van der Waals surface area contributed by atoms with Gasteiger partial charge in [-0.1, -0.05) is 66.2 Å². The Morgan fingerprint density at radius 1 is 0.929 bits per heavy atom. The van der Waals surface area contributed by atoms with E-state index in [0.29, 0.717) is 5.02 Å². The smallest absolute Gasteiger partial charge is 0.320 e. The number of allylic oxidation sites excluding steroid dienone is 1. The molecular formula is C23H25ClO4. The van der Waals surface area contributed by atoms with Gasteiger partial charge in [0.25, 0.3) is 0 Å². The van der Waals surface area contributed by atoms with E-state index in [1.807, 2.05) is 54.6 Å². The van der Waals surface area contributed by atoms with Crippen molar-refractivity contribution in [3.8, 4) is 0 Å². The van der Waals surface area contributed by atoms with Gasteiger partial charge in [-0.15, -0.1) is 0 Å². The van der Waals surface area contributed by atoms with E-state index in [1.165, 1.54) is 0 Å². The summed E-state index contributed by atoms with van der Waals surface area (Å²) < 4.78 is 10.2. The maximum atomic E-state index is 12.4. The zero-order chi connectivity index (χ0) is 20.4. The monoisotopic (exact) mass is 400 g/mol. The predicted octanol–water partition coefficient (Wildman–Crippen LogP) is 5.27. The predicted molar refractivity (Wildman–Crippen MR) is 111 cm³/mol. The minimum Gasteiger partial charge on any atom is -0.465 e. The van der Waals surface area contributed by atoms with Gasteiger partial charge < -0.3 is 9.47 Å². The molecule has 4 nitrogen and oxygen atoms in total. The van der Waals surface area contributed by atoms with Gasteiger partial charge in [-0.3, -0.25) is 9.59 Å². The molecule has 1 atom stereocenters. The molecule has 0 saturated carbocycles. The Balaban J connectivity index is 2.32. The van der Waals surface area contributed by atoms with Crippen LogP contribution >= 0.6 is 11.6 Å². The Bertz CT molecular complexity index is 766. The molecule has 2 rings (SSSR count). The van der Waals surface area contributed by atoms with Crippen LogP contribution in [0.15, 0.2) is 60.7 Å². The SMILES string of the molecule is CCOC(=O)C(CC(/C=C/c1ccccc1)c1ccc(Cl)cc1)C(=O)OCC. The van der Waals surface area contributed by atoms with Crippen molar-refractivity contribution in [2.24, 2.45) is 5.92 Å². The van der Waals surface area contributed by atoms with Crippen molar-refractivity contribution in [2.45, 2.75) is 26.2 Å². The van der Waals surface area contributed by atoms with Gasteiger partial charge in [0.2, 0.25) is 0 Å². The first-order valence-electron chi connectivity index (χ1n) is 9.37. The summed E-state index contributed by atoms with van der Waals surface area (Å²) in [7, 11) is 0. The Morgan fingerprint density at radius 3 is 2.04 bits per heavy atom. The quantitative estimate of drug-likeness (QED) is 0.425. The van der Waals surface area contributed by atoms with Gasteiger partial charge in [0, 0.05) is 10.9 Å². The third kappa shape index (κ3) is 6.54. The van der Waals surface area contributed by atoms with E-state index in [2.05, 4.69) is 0 Å². The molecule has 0 aliphatic heterocycles. The lowest BCUT2D eigenvalue weighted by Crippen LogP contribution is -2.29. The van der Waals surface area contributed by atoms with Gasteiger partial charge in [0.05, 0.1) is 13.2 Å². The summed E-state index contributed by atoms with van der Waals surface area (Å²) >= 11 is 6.01. The number of benzene rings is 2. The second-order valence-corrected chi connectivity index (χ2v) is 6.66. The molecule has 2 aromatic carbocycles. The molecule has 0 aromatic heterocycles. The van der Waals surface area contributed by atoms with Crippen LogP contribution in [-0.2, 0) is 19.1 Å². The standard InChI is InChI=1S/C23H25ClO4/c1-3-27-22(25)21(23(26)28-4-2)16-19(18-12-14-20(24)15-13-18)11-10-17-8-6-5-7-9-17/h5-15,19,21H,3-4,16H2,1-2H3/b11-10+. The molecule has 2 aromatic rings. The second-order valence-electron chi connectivity index (χ2n) is 6.22. The van der Waals surface area contributed by atoms with Crippen LogP contribution in [0.25, 0.3) is 6.08 Å². The summed E-state index contributed by atoms with van der Waals surface area (Å²) in [6.07, 6.45) is 4.22. The third-order valence-electron chi connectivity index (χ3n) is 4.25. The summed E-state index contributed by atoms with van der Waals surface area (Å²) in [6, 6.07) is 17.2. The first-order chi connectivity index (χ1) is 13.5. The molecule has 0 saturated heterocycles. The highest BCUT2D eigenvalue weighted by molar-refractivity contribution is 6.30. The van der Waals surface area contributed by atoms with Crippen LogP contribution in [-0.4, -0.2) is 25.2 Å². The lowest BCUT2D eigenvalue weighted by Gasteiger charge is -2.20. The Hall–Kier alpha value is -2.59. The average molecular weight is 401 g/mol. The first kappa shape index (κ1) is 21.7. The van der Waals surface area contributed by atoms with E-state index >= 15 is 0 Å². The summed E-state index contributed by atoms with van der Waals surface area (Å²) in [6.45, 7) is 3.85. The number of ether oxygens (including phenoxy) is 2. The van der Waals surface area contributed by atoms with Crippen molar-refractivity contribution in [3.05, 3.63) is 76.8 Å². The average Bonchev–Trinajstić information content (AvgIpc) is 2.70. The van der Waals surface area contributed by atoms with Crippen LogP contribution in [0.4, 0.5) is 0 Å². The van der Waals surface area contributed by atoms with Gasteiger partial charge in [0.1, 0.15) is 0 Å². The zero-order valence-corrected chi connectivity index (χ0v) is 16.9.